The molecule has 0 amide bonds. The lowest BCUT2D eigenvalue weighted by molar-refractivity contribution is -0.883. The maximum atomic E-state index is 13.0. The van der Waals surface area contributed by atoms with Crippen LogP contribution in [0.4, 0.5) is 0 Å². The Kier molecular flexibility index (Phi) is 8.30. The number of aliphatic hydroxyl groups is 2. The van der Waals surface area contributed by atoms with Crippen molar-refractivity contribution in [3.63, 3.8) is 0 Å². The summed E-state index contributed by atoms with van der Waals surface area (Å²) in [5.74, 6) is -2.37. The second-order valence-corrected chi connectivity index (χ2v) is 15.9. The number of carbonyl (C=O) groups is 2. The molecule has 1 aromatic carbocycles. The number of fused-ring (bicyclic) bond motifs is 7. The summed E-state index contributed by atoms with van der Waals surface area (Å²) in [5, 5.41) is 23.8. The van der Waals surface area contributed by atoms with E-state index in [4.69, 9.17) is 18.9 Å². The standard InChI is InChI=1S/C36H53N2O8/c1-22-14-17-35(42)19-26-30-27(15-16-34(26,5)28(18-25(22)33(35,3)4)44-29(40)20-37(6)7)46-36(45-23(2)39)31(30)38(36,8)21-43-32(41)24-12-10-9-11-13-24/h9-13,26-31,40,42H,14-21H2,1-8H3/q+1. The first-order valence-electron chi connectivity index (χ1n) is 16.8. The van der Waals surface area contributed by atoms with Crippen LogP contribution in [-0.2, 0) is 23.7 Å². The molecular formula is C36H53N2O8+. The van der Waals surface area contributed by atoms with E-state index in [1.807, 2.05) is 32.1 Å². The molecule has 3 aliphatic carbocycles. The molecule has 6 rings (SSSR count). The molecule has 1 aromatic rings. The Hall–Kier alpha value is -2.34. The minimum absolute atomic E-state index is 0.0261. The second-order valence-electron chi connectivity index (χ2n) is 15.9. The zero-order valence-electron chi connectivity index (χ0n) is 28.7. The summed E-state index contributed by atoms with van der Waals surface area (Å²) in [6.07, 6.45) is 2.64. The second kappa shape index (κ2) is 11.4. The Morgan fingerprint density at radius 2 is 1.85 bits per heavy atom. The zero-order valence-corrected chi connectivity index (χ0v) is 28.7. The lowest BCUT2D eigenvalue weighted by Gasteiger charge is -2.60. The lowest BCUT2D eigenvalue weighted by Crippen LogP contribution is -2.61. The quantitative estimate of drug-likeness (QED) is 0.142. The first kappa shape index (κ1) is 33.6. The zero-order chi connectivity index (χ0) is 33.4. The third-order valence-corrected chi connectivity index (χ3v) is 12.7. The number of benzene rings is 1. The summed E-state index contributed by atoms with van der Waals surface area (Å²) < 4.78 is 25.4. The number of rotatable bonds is 8. The van der Waals surface area contributed by atoms with Gasteiger partial charge >= 0.3 is 17.8 Å². The highest BCUT2D eigenvalue weighted by molar-refractivity contribution is 5.89. The molecule has 2 bridgehead atoms. The molecule has 254 valence electrons. The smallest absolute Gasteiger partial charge is 0.411 e. The molecule has 2 aliphatic heterocycles. The van der Waals surface area contributed by atoms with Crippen molar-refractivity contribution in [1.29, 1.82) is 0 Å². The van der Waals surface area contributed by atoms with Crippen molar-refractivity contribution in [3.8, 4) is 0 Å². The minimum atomic E-state index is -1.28. The number of hydrogen-bond donors (Lipinski definition) is 2. The fraction of sp³-hybridized carbons (Fsp3) is 0.722. The third-order valence-electron chi connectivity index (χ3n) is 12.7. The molecule has 10 heteroatoms. The van der Waals surface area contributed by atoms with Crippen LogP contribution in [0.15, 0.2) is 41.5 Å². The largest absolute Gasteiger partial charge is 0.422 e. The molecule has 2 saturated heterocycles. The molecule has 4 fully saturated rings. The summed E-state index contributed by atoms with van der Waals surface area (Å²) in [6, 6.07) is 8.55. The Bertz CT molecular complexity index is 1400. The molecule has 2 N–H and O–H groups in total. The van der Waals surface area contributed by atoms with Crippen LogP contribution >= 0.6 is 0 Å². The van der Waals surface area contributed by atoms with Crippen molar-refractivity contribution < 1.29 is 43.2 Å². The Morgan fingerprint density at radius 1 is 1.15 bits per heavy atom. The van der Waals surface area contributed by atoms with Gasteiger partial charge in [0, 0.05) is 18.9 Å². The van der Waals surface area contributed by atoms with Crippen LogP contribution in [0.2, 0.25) is 0 Å². The highest BCUT2D eigenvalue weighted by Gasteiger charge is 2.92. The first-order chi connectivity index (χ1) is 21.5. The van der Waals surface area contributed by atoms with E-state index < -0.39 is 40.6 Å². The van der Waals surface area contributed by atoms with Gasteiger partial charge in [0.1, 0.15) is 0 Å². The summed E-state index contributed by atoms with van der Waals surface area (Å²) in [4.78, 5) is 27.5. The van der Waals surface area contributed by atoms with Crippen LogP contribution in [0.5, 0.6) is 0 Å². The Balaban J connectivity index is 1.39. The van der Waals surface area contributed by atoms with E-state index in [0.29, 0.717) is 31.4 Å². The van der Waals surface area contributed by atoms with Crippen LogP contribution in [0.25, 0.3) is 0 Å². The van der Waals surface area contributed by atoms with E-state index in [9.17, 15) is 19.8 Å². The van der Waals surface area contributed by atoms with Gasteiger partial charge in [-0.1, -0.05) is 50.1 Å². The van der Waals surface area contributed by atoms with Crippen molar-refractivity contribution in [2.24, 2.45) is 22.7 Å². The highest BCUT2D eigenvalue weighted by atomic mass is 16.8. The molecule has 10 atom stereocenters. The van der Waals surface area contributed by atoms with Crippen molar-refractivity contribution in [1.82, 2.24) is 4.90 Å². The molecule has 0 aromatic heterocycles. The topological polar surface area (TPSA) is 115 Å². The van der Waals surface area contributed by atoms with Crippen molar-refractivity contribution in [3.05, 3.63) is 47.0 Å². The van der Waals surface area contributed by atoms with E-state index in [0.717, 1.165) is 19.3 Å². The van der Waals surface area contributed by atoms with Gasteiger partial charge < -0.3 is 29.3 Å². The lowest BCUT2D eigenvalue weighted by atomic mass is 9.48. The third kappa shape index (κ3) is 5.06. The first-order valence-corrected chi connectivity index (χ1v) is 16.8. The average Bonchev–Trinajstić information content (AvgIpc) is 3.26. The van der Waals surface area contributed by atoms with Crippen LogP contribution in [-0.4, -0.2) is 102 Å². The molecule has 2 heterocycles. The van der Waals surface area contributed by atoms with Gasteiger partial charge in [-0.15, -0.1) is 0 Å². The van der Waals surface area contributed by atoms with E-state index >= 15 is 0 Å². The molecular weight excluding hydrogens is 588 g/mol. The number of likely N-dealkylation sites (N-methyl/N-ethyl adjacent to an activating group) is 2. The Labute approximate surface area is 273 Å². The molecule has 46 heavy (non-hydrogen) atoms. The predicted octanol–water partition coefficient (Wildman–Crippen LogP) is 4.20. The SMILES string of the molecule is CC(=O)OC12OC3CCC4(C)C(OC(O)CN(C)C)CC5=C(C)CCC(O)(CC4C3C1[N+]2(C)COC(=O)c1ccccc1)C5(C)C. The van der Waals surface area contributed by atoms with Gasteiger partial charge in [-0.3, -0.25) is 9.53 Å². The van der Waals surface area contributed by atoms with Gasteiger partial charge in [-0.05, 0) is 83.0 Å². The molecule has 10 nitrogen and oxygen atoms in total. The number of nitrogens with zero attached hydrogens (tertiary/aromatic N) is 2. The summed E-state index contributed by atoms with van der Waals surface area (Å²) in [7, 11) is 5.76. The number of allylic oxidation sites excluding steroid dienone is 1. The van der Waals surface area contributed by atoms with Gasteiger partial charge in [-0.2, -0.15) is 0 Å². The van der Waals surface area contributed by atoms with Gasteiger partial charge in [0.05, 0.1) is 36.3 Å². The maximum Gasteiger partial charge on any atom is 0.422 e. The van der Waals surface area contributed by atoms with Crippen molar-refractivity contribution >= 4 is 11.9 Å². The fourth-order valence-electron chi connectivity index (χ4n) is 9.86. The summed E-state index contributed by atoms with van der Waals surface area (Å²) in [5.41, 5.74) is 1.08. The van der Waals surface area contributed by atoms with E-state index in [-0.39, 0.29) is 41.3 Å². The normalized spacial score (nSPS) is 41.4. The summed E-state index contributed by atoms with van der Waals surface area (Å²) in [6.45, 7) is 10.5. The van der Waals surface area contributed by atoms with Crippen LogP contribution < -0.4 is 0 Å². The van der Waals surface area contributed by atoms with E-state index in [1.165, 1.54) is 18.1 Å². The van der Waals surface area contributed by atoms with Gasteiger partial charge in [0.2, 0.25) is 12.8 Å². The number of esters is 2. The summed E-state index contributed by atoms with van der Waals surface area (Å²) >= 11 is 0. The van der Waals surface area contributed by atoms with Crippen LogP contribution in [0.3, 0.4) is 0 Å². The maximum absolute atomic E-state index is 13.0. The molecule has 2 saturated carbocycles. The number of aliphatic hydroxyl groups excluding tert-OH is 1. The average molecular weight is 642 g/mol. The molecule has 0 spiro atoms. The van der Waals surface area contributed by atoms with Gasteiger partial charge in [0.25, 0.3) is 0 Å². The van der Waals surface area contributed by atoms with Gasteiger partial charge in [0.15, 0.2) is 6.29 Å². The number of carbonyl (C=O) groups excluding carboxylic acids is 2. The highest BCUT2D eigenvalue weighted by Crippen LogP contribution is 2.70. The van der Waals surface area contributed by atoms with E-state index in [2.05, 4.69) is 27.7 Å². The predicted molar refractivity (Wildman–Crippen MR) is 170 cm³/mol. The molecule has 5 aliphatic rings. The minimum Gasteiger partial charge on any atom is -0.411 e. The Morgan fingerprint density at radius 3 is 2.50 bits per heavy atom. The van der Waals surface area contributed by atoms with Gasteiger partial charge in [-0.25, -0.2) is 9.28 Å². The number of quaternary nitrogens is 1. The monoisotopic (exact) mass is 641 g/mol. The molecule has 0 radical (unpaired) electrons. The number of hydrogen-bond acceptors (Lipinski definition) is 9. The van der Waals surface area contributed by atoms with E-state index in [1.54, 1.807) is 24.3 Å². The fourth-order valence-corrected chi connectivity index (χ4v) is 9.86. The van der Waals surface area contributed by atoms with Crippen molar-refractivity contribution in [2.75, 3.05) is 34.4 Å². The molecule has 10 unspecified atom stereocenters. The van der Waals surface area contributed by atoms with Crippen LogP contribution in [0, 0.1) is 22.7 Å². The van der Waals surface area contributed by atoms with Crippen LogP contribution in [0.1, 0.15) is 83.5 Å². The number of ether oxygens (including phenoxy) is 4. The van der Waals surface area contributed by atoms with Crippen molar-refractivity contribution in [2.45, 2.75) is 109 Å².